The highest BCUT2D eigenvalue weighted by Gasteiger charge is 2.27. The fourth-order valence-corrected chi connectivity index (χ4v) is 4.23. The minimum Gasteiger partial charge on any atom is -0.383 e. The van der Waals surface area contributed by atoms with E-state index in [0.717, 1.165) is 65.1 Å². The highest BCUT2D eigenvalue weighted by atomic mass is 16.5. The second-order valence-corrected chi connectivity index (χ2v) is 8.26. The third-order valence-corrected chi connectivity index (χ3v) is 6.07. The fourth-order valence-electron chi connectivity index (χ4n) is 4.23. The van der Waals surface area contributed by atoms with Crippen molar-refractivity contribution in [1.82, 2.24) is 9.80 Å². The zero-order valence-corrected chi connectivity index (χ0v) is 17.8. The summed E-state index contributed by atoms with van der Waals surface area (Å²) in [6.07, 6.45) is 4.42. The van der Waals surface area contributed by atoms with Crippen molar-refractivity contribution in [3.05, 3.63) is 35.4 Å². The van der Waals surface area contributed by atoms with Crippen molar-refractivity contribution in [2.45, 2.75) is 38.7 Å². The number of Topliss-reactive ketones (excluding diaryl/α,β-unsaturated/α-hetero) is 1. The molecule has 6 heteroatoms. The summed E-state index contributed by atoms with van der Waals surface area (Å²) >= 11 is 0. The number of ether oxygens (including phenoxy) is 2. The lowest BCUT2D eigenvalue weighted by Gasteiger charge is -2.35. The molecule has 0 radical (unpaired) electrons. The van der Waals surface area contributed by atoms with Gasteiger partial charge in [-0.15, -0.1) is 0 Å². The Morgan fingerprint density at radius 2 is 1.79 bits per heavy atom. The van der Waals surface area contributed by atoms with Crippen LogP contribution in [0.4, 0.5) is 0 Å². The minimum atomic E-state index is 0.0143. The molecule has 0 bridgehead atoms. The molecule has 29 heavy (non-hydrogen) atoms. The Morgan fingerprint density at radius 3 is 2.38 bits per heavy atom. The van der Waals surface area contributed by atoms with E-state index in [1.807, 2.05) is 4.90 Å². The van der Waals surface area contributed by atoms with Gasteiger partial charge in [0.1, 0.15) is 0 Å². The Labute approximate surface area is 174 Å². The summed E-state index contributed by atoms with van der Waals surface area (Å²) in [6, 6.07) is 7.03. The molecule has 2 aliphatic rings. The van der Waals surface area contributed by atoms with E-state index in [1.165, 1.54) is 0 Å². The van der Waals surface area contributed by atoms with E-state index in [0.29, 0.717) is 23.6 Å². The normalized spacial score (nSPS) is 20.7. The van der Waals surface area contributed by atoms with E-state index in [-0.39, 0.29) is 17.8 Å². The molecular formula is C23H34N2O4. The number of hydrogen-bond donors (Lipinski definition) is 0. The number of amides is 1. The Balaban J connectivity index is 1.63. The maximum Gasteiger partial charge on any atom is 0.253 e. The zero-order valence-electron chi connectivity index (χ0n) is 17.8. The summed E-state index contributed by atoms with van der Waals surface area (Å²) in [5, 5.41) is 0. The van der Waals surface area contributed by atoms with E-state index >= 15 is 0 Å². The van der Waals surface area contributed by atoms with Crippen molar-refractivity contribution in [2.75, 3.05) is 53.0 Å². The van der Waals surface area contributed by atoms with Crippen molar-refractivity contribution in [2.24, 2.45) is 5.92 Å². The minimum absolute atomic E-state index is 0.0143. The molecule has 0 aliphatic carbocycles. The van der Waals surface area contributed by atoms with E-state index in [9.17, 15) is 9.59 Å². The first kappa shape index (κ1) is 21.9. The molecule has 0 N–H and O–H groups in total. The molecule has 0 saturated carbocycles. The van der Waals surface area contributed by atoms with Crippen LogP contribution in [0, 0.1) is 5.92 Å². The van der Waals surface area contributed by atoms with Gasteiger partial charge in [0.2, 0.25) is 0 Å². The summed E-state index contributed by atoms with van der Waals surface area (Å²) in [7, 11) is 1.74. The molecular weight excluding hydrogens is 368 g/mol. The number of ketones is 1. The number of likely N-dealkylation sites (tertiary alicyclic amines) is 1. The molecule has 1 atom stereocenters. The van der Waals surface area contributed by atoms with Gasteiger partial charge >= 0.3 is 0 Å². The zero-order chi connectivity index (χ0) is 20.6. The molecule has 6 nitrogen and oxygen atoms in total. The smallest absolute Gasteiger partial charge is 0.253 e. The lowest BCUT2D eigenvalue weighted by Crippen LogP contribution is -2.44. The average molecular weight is 403 g/mol. The Hall–Kier alpha value is -1.76. The SMILES string of the molecule is COCCN1CCC(CN(C[C@@H]2CCCO2)C(=O)c2ccc(C(C)=O)cc2)CC1. The van der Waals surface area contributed by atoms with Crippen LogP contribution in [0.5, 0.6) is 0 Å². The van der Waals surface area contributed by atoms with Crippen LogP contribution in [0.3, 0.4) is 0 Å². The second kappa shape index (κ2) is 10.9. The van der Waals surface area contributed by atoms with Crippen molar-refractivity contribution in [1.29, 1.82) is 0 Å². The lowest BCUT2D eigenvalue weighted by atomic mass is 9.95. The summed E-state index contributed by atoms with van der Waals surface area (Å²) in [5.74, 6) is 0.563. The first-order valence-corrected chi connectivity index (χ1v) is 10.8. The van der Waals surface area contributed by atoms with Crippen LogP contribution < -0.4 is 0 Å². The number of rotatable bonds is 9. The van der Waals surface area contributed by atoms with Crippen LogP contribution >= 0.6 is 0 Å². The Morgan fingerprint density at radius 1 is 1.10 bits per heavy atom. The maximum absolute atomic E-state index is 13.3. The Kier molecular flexibility index (Phi) is 8.21. The van der Waals surface area contributed by atoms with Gasteiger partial charge in [0.05, 0.1) is 12.7 Å². The number of piperidine rings is 1. The van der Waals surface area contributed by atoms with Gasteiger partial charge in [-0.1, -0.05) is 12.1 Å². The van der Waals surface area contributed by atoms with Crippen molar-refractivity contribution in [3.63, 3.8) is 0 Å². The van der Waals surface area contributed by atoms with Crippen LogP contribution in [0.25, 0.3) is 0 Å². The number of hydrogen-bond acceptors (Lipinski definition) is 5. The fraction of sp³-hybridized carbons (Fsp3) is 0.652. The molecule has 0 aromatic heterocycles. The van der Waals surface area contributed by atoms with Gasteiger partial charge in [0, 0.05) is 44.5 Å². The first-order chi connectivity index (χ1) is 14.1. The largest absolute Gasteiger partial charge is 0.383 e. The molecule has 3 rings (SSSR count). The van der Waals surface area contributed by atoms with E-state index in [4.69, 9.17) is 9.47 Å². The third-order valence-electron chi connectivity index (χ3n) is 6.07. The number of nitrogens with zero attached hydrogens (tertiary/aromatic N) is 2. The molecule has 2 heterocycles. The van der Waals surface area contributed by atoms with Crippen LogP contribution in [-0.2, 0) is 9.47 Å². The summed E-state index contributed by atoms with van der Waals surface area (Å²) < 4.78 is 11.0. The Bertz CT molecular complexity index is 662. The monoisotopic (exact) mass is 402 g/mol. The molecule has 2 saturated heterocycles. The van der Waals surface area contributed by atoms with Gasteiger partial charge in [0.15, 0.2) is 5.78 Å². The number of carbonyl (C=O) groups excluding carboxylic acids is 2. The predicted molar refractivity (Wildman–Crippen MR) is 112 cm³/mol. The topological polar surface area (TPSA) is 59.1 Å². The van der Waals surface area contributed by atoms with Gasteiger partial charge in [-0.25, -0.2) is 0 Å². The molecule has 1 amide bonds. The summed E-state index contributed by atoms with van der Waals surface area (Å²) in [6.45, 7) is 7.61. The van der Waals surface area contributed by atoms with Crippen molar-refractivity contribution in [3.8, 4) is 0 Å². The number of methoxy groups -OCH3 is 1. The van der Waals surface area contributed by atoms with Gasteiger partial charge in [-0.2, -0.15) is 0 Å². The second-order valence-electron chi connectivity index (χ2n) is 8.26. The van der Waals surface area contributed by atoms with Gasteiger partial charge in [0.25, 0.3) is 5.91 Å². The van der Waals surface area contributed by atoms with E-state index < -0.39 is 0 Å². The van der Waals surface area contributed by atoms with Crippen LogP contribution in [0.2, 0.25) is 0 Å². The van der Waals surface area contributed by atoms with Gasteiger partial charge in [-0.3, -0.25) is 9.59 Å². The van der Waals surface area contributed by atoms with E-state index in [1.54, 1.807) is 38.3 Å². The van der Waals surface area contributed by atoms with Crippen molar-refractivity contribution >= 4 is 11.7 Å². The average Bonchev–Trinajstić information content (AvgIpc) is 3.25. The molecule has 160 valence electrons. The maximum atomic E-state index is 13.3. The standard InChI is InChI=1S/C23H34N2O4/c1-18(26)20-5-7-21(8-6-20)23(27)25(17-22-4-3-14-29-22)16-19-9-11-24(12-10-19)13-15-28-2/h5-8,19,22H,3-4,9-17H2,1-2H3/t22-/m0/s1. The van der Waals surface area contributed by atoms with Crippen LogP contribution in [0.1, 0.15) is 53.3 Å². The first-order valence-electron chi connectivity index (χ1n) is 10.8. The summed E-state index contributed by atoms with van der Waals surface area (Å²) in [4.78, 5) is 29.2. The van der Waals surface area contributed by atoms with Crippen LogP contribution in [0.15, 0.2) is 24.3 Å². The lowest BCUT2D eigenvalue weighted by molar-refractivity contribution is 0.0437. The van der Waals surface area contributed by atoms with Gasteiger partial charge in [-0.05, 0) is 63.7 Å². The molecule has 0 unspecified atom stereocenters. The van der Waals surface area contributed by atoms with Gasteiger partial charge < -0.3 is 19.3 Å². The number of carbonyl (C=O) groups is 2. The van der Waals surface area contributed by atoms with E-state index in [2.05, 4.69) is 4.90 Å². The molecule has 2 aliphatic heterocycles. The highest BCUT2D eigenvalue weighted by Crippen LogP contribution is 2.22. The third kappa shape index (κ3) is 6.36. The molecule has 1 aromatic rings. The highest BCUT2D eigenvalue weighted by molar-refractivity contribution is 5.97. The molecule has 2 fully saturated rings. The molecule has 0 spiro atoms. The van der Waals surface area contributed by atoms with Crippen LogP contribution in [-0.4, -0.2) is 80.6 Å². The predicted octanol–water partition coefficient (Wildman–Crippen LogP) is 2.87. The quantitative estimate of drug-likeness (QED) is 0.595. The summed E-state index contributed by atoms with van der Waals surface area (Å²) in [5.41, 5.74) is 1.28. The van der Waals surface area contributed by atoms with Crippen molar-refractivity contribution < 1.29 is 19.1 Å². The number of benzene rings is 1. The molecule has 1 aromatic carbocycles.